The maximum absolute atomic E-state index is 5.61. The van der Waals surface area contributed by atoms with E-state index in [0.29, 0.717) is 28.7 Å². The molecule has 4 rings (SSSR count). The van der Waals surface area contributed by atoms with E-state index in [9.17, 15) is 0 Å². The lowest BCUT2D eigenvalue weighted by molar-refractivity contribution is 0.314. The molecule has 0 atom stereocenters. The molecule has 1 aromatic carbocycles. The van der Waals surface area contributed by atoms with Crippen LogP contribution in [0.5, 0.6) is 11.6 Å². The van der Waals surface area contributed by atoms with E-state index < -0.39 is 0 Å². The minimum atomic E-state index is 0.324. The van der Waals surface area contributed by atoms with Gasteiger partial charge in [0.2, 0.25) is 11.3 Å². The van der Waals surface area contributed by atoms with E-state index in [1.807, 2.05) is 24.3 Å². The largest absolute Gasteiger partial charge is 0.434 e. The number of rotatable bonds is 0. The zero-order valence-corrected chi connectivity index (χ0v) is 8.41. The highest BCUT2D eigenvalue weighted by Crippen LogP contribution is 2.39. The van der Waals surface area contributed by atoms with Crippen LogP contribution in [-0.2, 0) is 0 Å². The number of benzene rings is 1. The fourth-order valence-electron chi connectivity index (χ4n) is 1.67. The van der Waals surface area contributed by atoms with Crippen LogP contribution in [0.1, 0.15) is 0 Å². The molecule has 0 aliphatic carbocycles. The van der Waals surface area contributed by atoms with Gasteiger partial charge in [0, 0.05) is 0 Å². The molecule has 0 amide bonds. The van der Waals surface area contributed by atoms with Crippen LogP contribution in [0.2, 0.25) is 0 Å². The molecule has 3 aromatic rings. The highest BCUT2D eigenvalue weighted by Gasteiger charge is 2.20. The fraction of sp³-hybridized carbons (Fsp3) is 0. The van der Waals surface area contributed by atoms with E-state index >= 15 is 0 Å². The molecule has 0 fully saturated rings. The lowest BCUT2D eigenvalue weighted by atomic mass is 10.2. The van der Waals surface area contributed by atoms with Crippen molar-refractivity contribution in [3.05, 3.63) is 24.3 Å². The first kappa shape index (κ1) is 8.45. The molecule has 7 nitrogen and oxygen atoms in total. The Labute approximate surface area is 94.4 Å². The molecule has 0 bridgehead atoms. The molecular weight excluding hydrogens is 222 g/mol. The van der Waals surface area contributed by atoms with Gasteiger partial charge in [-0.25, -0.2) is 4.63 Å². The first-order chi connectivity index (χ1) is 8.40. The zero-order chi connectivity index (χ0) is 11.2. The summed E-state index contributed by atoms with van der Waals surface area (Å²) >= 11 is 0. The normalized spacial score (nSPS) is 12.5. The van der Waals surface area contributed by atoms with E-state index in [2.05, 4.69) is 30.2 Å². The topological polar surface area (TPSA) is 86.0 Å². The van der Waals surface area contributed by atoms with Crippen LogP contribution < -0.4 is 10.1 Å². The molecule has 2 aromatic heterocycles. The number of hydrogen-bond donors (Lipinski definition) is 1. The second-order valence-electron chi connectivity index (χ2n) is 3.51. The van der Waals surface area contributed by atoms with Gasteiger partial charge in [-0.05, 0) is 22.4 Å². The Hall–Kier alpha value is -2.70. The molecule has 1 aliphatic rings. The van der Waals surface area contributed by atoms with Crippen LogP contribution in [0.3, 0.4) is 0 Å². The summed E-state index contributed by atoms with van der Waals surface area (Å²) in [5, 5.41) is 10.4. The number of nitrogens with zero attached hydrogens (tertiary/aromatic N) is 4. The Bertz CT molecular complexity index is 665. The van der Waals surface area contributed by atoms with Crippen molar-refractivity contribution in [1.82, 2.24) is 20.3 Å². The van der Waals surface area contributed by atoms with Gasteiger partial charge in [0.1, 0.15) is 0 Å². The molecule has 0 saturated heterocycles. The third-order valence-corrected chi connectivity index (χ3v) is 2.43. The quantitative estimate of drug-likeness (QED) is 0.490. The Morgan fingerprint density at radius 3 is 2.76 bits per heavy atom. The standard InChI is InChI=1S/C10H5N5O2/c1-2-4-6-5(3-1)11-9-10(16-6)13-8-7(12-9)14-17-15-8/h1-4H,(H,11,12,14). The Morgan fingerprint density at radius 2 is 1.82 bits per heavy atom. The molecular formula is C10H5N5O2. The van der Waals surface area contributed by atoms with Crippen molar-refractivity contribution in [1.29, 1.82) is 0 Å². The fourth-order valence-corrected chi connectivity index (χ4v) is 1.67. The Kier molecular flexibility index (Phi) is 1.45. The number of ether oxygens (including phenoxy) is 1. The SMILES string of the molecule is c1ccc2c(c1)Nc1nc3nonc3nc1O2. The maximum Gasteiger partial charge on any atom is 0.265 e. The van der Waals surface area contributed by atoms with Crippen LogP contribution in [0.25, 0.3) is 11.3 Å². The minimum Gasteiger partial charge on any atom is -0.434 e. The molecule has 17 heavy (non-hydrogen) atoms. The molecule has 1 aliphatic heterocycles. The lowest BCUT2D eigenvalue weighted by Gasteiger charge is -2.18. The third kappa shape index (κ3) is 1.16. The predicted molar refractivity (Wildman–Crippen MR) is 57.2 cm³/mol. The smallest absolute Gasteiger partial charge is 0.265 e. The van der Waals surface area contributed by atoms with Crippen molar-refractivity contribution in [2.45, 2.75) is 0 Å². The van der Waals surface area contributed by atoms with Crippen LogP contribution >= 0.6 is 0 Å². The van der Waals surface area contributed by atoms with Gasteiger partial charge in [0.15, 0.2) is 11.6 Å². The van der Waals surface area contributed by atoms with Gasteiger partial charge >= 0.3 is 0 Å². The number of hydrogen-bond acceptors (Lipinski definition) is 7. The summed E-state index contributed by atoms with van der Waals surface area (Å²) in [6.45, 7) is 0. The average molecular weight is 227 g/mol. The van der Waals surface area contributed by atoms with Crippen molar-refractivity contribution in [3.63, 3.8) is 0 Å². The van der Waals surface area contributed by atoms with E-state index in [1.54, 1.807) is 0 Å². The van der Waals surface area contributed by atoms with Gasteiger partial charge in [0.05, 0.1) is 5.69 Å². The van der Waals surface area contributed by atoms with Crippen molar-refractivity contribution in [2.24, 2.45) is 0 Å². The van der Waals surface area contributed by atoms with Gasteiger partial charge in [-0.1, -0.05) is 12.1 Å². The van der Waals surface area contributed by atoms with Gasteiger partial charge in [-0.15, -0.1) is 0 Å². The van der Waals surface area contributed by atoms with Gasteiger partial charge in [0.25, 0.3) is 5.88 Å². The Morgan fingerprint density at radius 1 is 1.00 bits per heavy atom. The summed E-state index contributed by atoms with van der Waals surface area (Å²) in [5.41, 5.74) is 1.51. The zero-order valence-electron chi connectivity index (χ0n) is 8.41. The van der Waals surface area contributed by atoms with E-state index in [-0.39, 0.29) is 0 Å². The lowest BCUT2D eigenvalue weighted by Crippen LogP contribution is -2.06. The molecule has 1 N–H and O–H groups in total. The van der Waals surface area contributed by atoms with Gasteiger partial charge < -0.3 is 10.1 Å². The first-order valence-corrected chi connectivity index (χ1v) is 4.94. The van der Waals surface area contributed by atoms with Crippen molar-refractivity contribution in [2.75, 3.05) is 5.32 Å². The molecule has 0 radical (unpaired) electrons. The van der Waals surface area contributed by atoms with E-state index in [0.717, 1.165) is 5.69 Å². The highest BCUT2D eigenvalue weighted by molar-refractivity contribution is 5.76. The number of aromatic nitrogens is 4. The van der Waals surface area contributed by atoms with Crippen LogP contribution in [-0.4, -0.2) is 20.3 Å². The van der Waals surface area contributed by atoms with Crippen molar-refractivity contribution in [3.8, 4) is 11.6 Å². The Balaban J connectivity index is 1.93. The number of anilines is 2. The monoisotopic (exact) mass is 227 g/mol. The van der Waals surface area contributed by atoms with Crippen LogP contribution in [0.15, 0.2) is 28.9 Å². The summed E-state index contributed by atoms with van der Waals surface area (Å²) in [5.74, 6) is 1.57. The second kappa shape index (κ2) is 2.91. The molecule has 0 saturated carbocycles. The van der Waals surface area contributed by atoms with Crippen molar-refractivity contribution >= 4 is 22.8 Å². The summed E-state index contributed by atoms with van der Waals surface area (Å²) in [6.07, 6.45) is 0. The second-order valence-corrected chi connectivity index (χ2v) is 3.51. The third-order valence-electron chi connectivity index (χ3n) is 2.43. The summed E-state index contributed by atoms with van der Waals surface area (Å²) in [4.78, 5) is 8.37. The summed E-state index contributed by atoms with van der Waals surface area (Å²) in [6, 6.07) is 7.53. The molecule has 7 heteroatoms. The number of para-hydroxylation sites is 2. The van der Waals surface area contributed by atoms with Crippen LogP contribution in [0.4, 0.5) is 11.5 Å². The minimum absolute atomic E-state index is 0.324. The molecule has 3 heterocycles. The van der Waals surface area contributed by atoms with Crippen LogP contribution in [0, 0.1) is 0 Å². The maximum atomic E-state index is 5.61. The predicted octanol–water partition coefficient (Wildman–Crippen LogP) is 1.86. The average Bonchev–Trinajstić information content (AvgIpc) is 2.80. The highest BCUT2D eigenvalue weighted by atomic mass is 16.6. The van der Waals surface area contributed by atoms with Crippen molar-refractivity contribution < 1.29 is 9.37 Å². The number of fused-ring (bicyclic) bond motifs is 3. The van der Waals surface area contributed by atoms with E-state index in [4.69, 9.17) is 4.74 Å². The van der Waals surface area contributed by atoms with E-state index in [1.165, 1.54) is 0 Å². The van der Waals surface area contributed by atoms with Gasteiger partial charge in [-0.2, -0.15) is 9.97 Å². The molecule has 0 spiro atoms. The number of nitrogens with one attached hydrogen (secondary N) is 1. The summed E-state index contributed by atoms with van der Waals surface area (Å²) in [7, 11) is 0. The van der Waals surface area contributed by atoms with Gasteiger partial charge in [-0.3, -0.25) is 0 Å². The molecule has 0 unspecified atom stereocenters. The summed E-state index contributed by atoms with van der Waals surface area (Å²) < 4.78 is 10.2. The first-order valence-electron chi connectivity index (χ1n) is 4.94. The molecule has 82 valence electrons.